The summed E-state index contributed by atoms with van der Waals surface area (Å²) in [7, 11) is -3.59. The Kier molecular flexibility index (Phi) is 6.00. The van der Waals surface area contributed by atoms with Crippen LogP contribution in [0.4, 0.5) is 0 Å². The van der Waals surface area contributed by atoms with Crippen LogP contribution in [0.3, 0.4) is 0 Å². The van der Waals surface area contributed by atoms with Gasteiger partial charge in [-0.2, -0.15) is 9.40 Å². The van der Waals surface area contributed by atoms with Gasteiger partial charge in [0, 0.05) is 48.1 Å². The monoisotopic (exact) mass is 502 g/mol. The summed E-state index contributed by atoms with van der Waals surface area (Å²) >= 11 is 3.40. The predicted molar refractivity (Wildman–Crippen MR) is 122 cm³/mol. The molecule has 162 valence electrons. The number of amides is 1. The highest BCUT2D eigenvalue weighted by molar-refractivity contribution is 9.10. The zero-order valence-corrected chi connectivity index (χ0v) is 19.7. The lowest BCUT2D eigenvalue weighted by Gasteiger charge is -2.34. The maximum Gasteiger partial charge on any atom is 0.253 e. The molecule has 1 aliphatic heterocycles. The molecule has 4 rings (SSSR count). The van der Waals surface area contributed by atoms with E-state index in [1.165, 1.54) is 4.31 Å². The molecule has 3 aromatic rings. The molecule has 2 heterocycles. The topological polar surface area (TPSA) is 75.5 Å². The van der Waals surface area contributed by atoms with Crippen molar-refractivity contribution in [3.63, 3.8) is 0 Å². The number of nitrogens with zero attached hydrogens (tertiary/aromatic N) is 4. The molecular formula is C22H23BrN4O3S. The van der Waals surface area contributed by atoms with Gasteiger partial charge in [0.15, 0.2) is 0 Å². The fourth-order valence-electron chi connectivity index (χ4n) is 3.63. The third-order valence-electron chi connectivity index (χ3n) is 5.48. The first-order chi connectivity index (χ1) is 14.8. The third-order valence-corrected chi connectivity index (χ3v) is 8.27. The van der Waals surface area contributed by atoms with Crippen molar-refractivity contribution in [1.82, 2.24) is 19.0 Å². The van der Waals surface area contributed by atoms with Gasteiger partial charge in [-0.05, 0) is 67.9 Å². The van der Waals surface area contributed by atoms with E-state index in [0.717, 1.165) is 21.4 Å². The number of aromatic nitrogens is 2. The zero-order chi connectivity index (χ0) is 22.2. The number of rotatable bonds is 4. The number of hydrogen-bond donors (Lipinski definition) is 0. The van der Waals surface area contributed by atoms with Crippen LogP contribution in [0.15, 0.2) is 64.1 Å². The minimum absolute atomic E-state index is 0.0970. The van der Waals surface area contributed by atoms with Gasteiger partial charge in [-0.3, -0.25) is 4.79 Å². The average molecular weight is 503 g/mol. The predicted octanol–water partition coefficient (Wildman–Crippen LogP) is 3.40. The van der Waals surface area contributed by atoms with Gasteiger partial charge in [0.2, 0.25) is 10.0 Å². The van der Waals surface area contributed by atoms with Crippen molar-refractivity contribution in [2.75, 3.05) is 26.2 Å². The second-order valence-corrected chi connectivity index (χ2v) is 10.3. The van der Waals surface area contributed by atoms with Crippen LogP contribution in [-0.2, 0) is 10.0 Å². The Morgan fingerprint density at radius 1 is 0.968 bits per heavy atom. The van der Waals surface area contributed by atoms with E-state index >= 15 is 0 Å². The van der Waals surface area contributed by atoms with Crippen LogP contribution in [0.25, 0.3) is 5.69 Å². The van der Waals surface area contributed by atoms with Crippen LogP contribution in [-0.4, -0.2) is 59.5 Å². The first-order valence-corrected chi connectivity index (χ1v) is 12.2. The second kappa shape index (κ2) is 8.57. The van der Waals surface area contributed by atoms with Crippen molar-refractivity contribution < 1.29 is 13.2 Å². The Hall–Kier alpha value is -2.49. The van der Waals surface area contributed by atoms with Crippen LogP contribution in [0.2, 0.25) is 0 Å². The normalized spacial score (nSPS) is 15.3. The summed E-state index contributed by atoms with van der Waals surface area (Å²) in [6, 6.07) is 14.2. The standard InChI is InChI=1S/C22H23BrN4O3S/c1-16-15-20(7-8-21(16)23)31(29,30)26-13-11-25(12-14-26)22(28)18-3-5-19(6-4-18)27-17(2)9-10-24-27/h3-10,15H,11-14H2,1-2H3. The molecule has 2 aromatic carbocycles. The molecule has 0 unspecified atom stereocenters. The average Bonchev–Trinajstić information content (AvgIpc) is 3.21. The number of sulfonamides is 1. The molecule has 9 heteroatoms. The quantitative estimate of drug-likeness (QED) is 0.547. The van der Waals surface area contributed by atoms with E-state index < -0.39 is 10.0 Å². The number of aryl methyl sites for hydroxylation is 2. The molecular weight excluding hydrogens is 480 g/mol. The molecule has 1 amide bonds. The molecule has 0 saturated carbocycles. The summed E-state index contributed by atoms with van der Waals surface area (Å²) in [5.74, 6) is -0.0970. The van der Waals surface area contributed by atoms with Crippen LogP contribution >= 0.6 is 15.9 Å². The molecule has 0 spiro atoms. The summed E-state index contributed by atoms with van der Waals surface area (Å²) in [4.78, 5) is 14.9. The summed E-state index contributed by atoms with van der Waals surface area (Å²) < 4.78 is 30.1. The van der Waals surface area contributed by atoms with Crippen molar-refractivity contribution in [1.29, 1.82) is 0 Å². The molecule has 1 saturated heterocycles. The lowest BCUT2D eigenvalue weighted by molar-refractivity contribution is 0.0698. The molecule has 7 nitrogen and oxygen atoms in total. The molecule has 31 heavy (non-hydrogen) atoms. The largest absolute Gasteiger partial charge is 0.336 e. The van der Waals surface area contributed by atoms with E-state index in [4.69, 9.17) is 0 Å². The summed E-state index contributed by atoms with van der Waals surface area (Å²) in [6.45, 7) is 5.08. The van der Waals surface area contributed by atoms with Crippen molar-refractivity contribution >= 4 is 31.9 Å². The maximum atomic E-state index is 13.0. The number of carbonyl (C=O) groups is 1. The summed E-state index contributed by atoms with van der Waals surface area (Å²) in [5.41, 5.74) is 3.34. The van der Waals surface area contributed by atoms with Gasteiger partial charge in [0.1, 0.15) is 0 Å². The van der Waals surface area contributed by atoms with E-state index in [0.29, 0.717) is 18.7 Å². The van der Waals surface area contributed by atoms with Crippen LogP contribution < -0.4 is 0 Å². The molecule has 1 aliphatic rings. The van der Waals surface area contributed by atoms with Crippen molar-refractivity contribution in [3.8, 4) is 5.69 Å². The number of carbonyl (C=O) groups excluding carboxylic acids is 1. The summed E-state index contributed by atoms with van der Waals surface area (Å²) in [6.07, 6.45) is 1.73. The lowest BCUT2D eigenvalue weighted by atomic mass is 10.1. The van der Waals surface area contributed by atoms with Gasteiger partial charge < -0.3 is 4.90 Å². The number of halogens is 1. The van der Waals surface area contributed by atoms with Gasteiger partial charge in [-0.25, -0.2) is 13.1 Å². The fraction of sp³-hybridized carbons (Fsp3) is 0.273. The molecule has 1 aromatic heterocycles. The minimum Gasteiger partial charge on any atom is -0.336 e. The Morgan fingerprint density at radius 2 is 1.65 bits per heavy atom. The van der Waals surface area contributed by atoms with Crippen molar-refractivity contribution in [2.24, 2.45) is 0 Å². The van der Waals surface area contributed by atoms with Gasteiger partial charge in [-0.15, -0.1) is 0 Å². The first-order valence-electron chi connectivity index (χ1n) is 9.94. The SMILES string of the molecule is Cc1cc(S(=O)(=O)N2CCN(C(=O)c3ccc(-n4nccc4C)cc3)CC2)ccc1Br. The van der Waals surface area contributed by atoms with Crippen LogP contribution in [0, 0.1) is 13.8 Å². The van der Waals surface area contributed by atoms with Gasteiger partial charge in [0.05, 0.1) is 10.6 Å². The summed E-state index contributed by atoms with van der Waals surface area (Å²) in [5, 5.41) is 4.27. The van der Waals surface area contributed by atoms with E-state index in [9.17, 15) is 13.2 Å². The fourth-order valence-corrected chi connectivity index (χ4v) is 5.38. The van der Waals surface area contributed by atoms with Crippen LogP contribution in [0.5, 0.6) is 0 Å². The Labute approximate surface area is 190 Å². The Morgan fingerprint density at radius 3 is 2.23 bits per heavy atom. The highest BCUT2D eigenvalue weighted by Crippen LogP contribution is 2.24. The highest BCUT2D eigenvalue weighted by Gasteiger charge is 2.30. The molecule has 1 fully saturated rings. The zero-order valence-electron chi connectivity index (χ0n) is 17.3. The number of piperazine rings is 1. The third kappa shape index (κ3) is 4.30. The van der Waals surface area contributed by atoms with Crippen LogP contribution in [0.1, 0.15) is 21.6 Å². The lowest BCUT2D eigenvalue weighted by Crippen LogP contribution is -2.50. The molecule has 0 N–H and O–H groups in total. The maximum absolute atomic E-state index is 13.0. The van der Waals surface area contributed by atoms with E-state index in [1.54, 1.807) is 41.4 Å². The Balaban J connectivity index is 1.43. The van der Waals surface area contributed by atoms with Gasteiger partial charge >= 0.3 is 0 Å². The smallest absolute Gasteiger partial charge is 0.253 e. The number of benzene rings is 2. The second-order valence-electron chi connectivity index (χ2n) is 7.54. The first kappa shape index (κ1) is 21.7. The van der Waals surface area contributed by atoms with Gasteiger partial charge in [0.25, 0.3) is 5.91 Å². The van der Waals surface area contributed by atoms with Crippen molar-refractivity contribution in [3.05, 3.63) is 76.0 Å². The molecule has 0 bridgehead atoms. The van der Waals surface area contributed by atoms with E-state index in [2.05, 4.69) is 21.0 Å². The van der Waals surface area contributed by atoms with Crippen molar-refractivity contribution in [2.45, 2.75) is 18.7 Å². The van der Waals surface area contributed by atoms with E-state index in [-0.39, 0.29) is 23.9 Å². The van der Waals surface area contributed by atoms with E-state index in [1.807, 2.05) is 36.7 Å². The Bertz CT molecular complexity index is 1210. The molecule has 0 atom stereocenters. The molecule has 0 radical (unpaired) electrons. The highest BCUT2D eigenvalue weighted by atomic mass is 79.9. The number of hydrogen-bond acceptors (Lipinski definition) is 4. The molecule has 0 aliphatic carbocycles. The van der Waals surface area contributed by atoms with Gasteiger partial charge in [-0.1, -0.05) is 15.9 Å². The minimum atomic E-state index is -3.59.